The fourth-order valence-electron chi connectivity index (χ4n) is 1.57. The van der Waals surface area contributed by atoms with Gasteiger partial charge >= 0.3 is 0 Å². The van der Waals surface area contributed by atoms with Gasteiger partial charge in [0, 0.05) is 16.3 Å². The molecule has 2 aromatic heterocycles. The summed E-state index contributed by atoms with van der Waals surface area (Å²) in [7, 11) is 0. The van der Waals surface area contributed by atoms with E-state index in [0.29, 0.717) is 18.1 Å². The molecule has 100 valence electrons. The van der Waals surface area contributed by atoms with E-state index < -0.39 is 0 Å². The molecular formula is C13H16N4OS. The van der Waals surface area contributed by atoms with Gasteiger partial charge in [-0.05, 0) is 38.1 Å². The summed E-state index contributed by atoms with van der Waals surface area (Å²) in [5.74, 6) is 0.467. The third kappa shape index (κ3) is 3.75. The Hall–Kier alpha value is -1.95. The standard InChI is InChI=1S/C13H16N4OS/c1-3-14-12-7-6-11(16-17-12)13(18)15-8-10-5-4-9(2)19-10/h4-7H,3,8H2,1-2H3,(H,14,17)(H,15,18). The molecule has 19 heavy (non-hydrogen) atoms. The zero-order chi connectivity index (χ0) is 13.7. The van der Waals surface area contributed by atoms with Crippen LogP contribution >= 0.6 is 11.3 Å². The lowest BCUT2D eigenvalue weighted by molar-refractivity contribution is 0.0945. The van der Waals surface area contributed by atoms with E-state index >= 15 is 0 Å². The second-order valence-corrected chi connectivity index (χ2v) is 5.40. The molecule has 0 aliphatic heterocycles. The second-order valence-electron chi connectivity index (χ2n) is 4.03. The lowest BCUT2D eigenvalue weighted by Crippen LogP contribution is -2.23. The fraction of sp³-hybridized carbons (Fsp3) is 0.308. The minimum Gasteiger partial charge on any atom is -0.369 e. The summed E-state index contributed by atoms with van der Waals surface area (Å²) in [6.07, 6.45) is 0. The average Bonchev–Trinajstić information content (AvgIpc) is 2.83. The van der Waals surface area contributed by atoms with Gasteiger partial charge in [-0.15, -0.1) is 21.5 Å². The van der Waals surface area contributed by atoms with E-state index in [0.717, 1.165) is 11.4 Å². The first-order chi connectivity index (χ1) is 9.19. The van der Waals surface area contributed by atoms with Crippen molar-refractivity contribution in [2.24, 2.45) is 0 Å². The molecule has 0 atom stereocenters. The van der Waals surface area contributed by atoms with Crippen molar-refractivity contribution < 1.29 is 4.79 Å². The first-order valence-electron chi connectivity index (χ1n) is 6.10. The molecule has 5 nitrogen and oxygen atoms in total. The molecule has 0 radical (unpaired) electrons. The summed E-state index contributed by atoms with van der Waals surface area (Å²) < 4.78 is 0. The van der Waals surface area contributed by atoms with Gasteiger partial charge in [-0.25, -0.2) is 0 Å². The van der Waals surface area contributed by atoms with Crippen molar-refractivity contribution in [3.8, 4) is 0 Å². The first-order valence-corrected chi connectivity index (χ1v) is 6.92. The van der Waals surface area contributed by atoms with Crippen molar-refractivity contribution in [2.75, 3.05) is 11.9 Å². The van der Waals surface area contributed by atoms with Crippen LogP contribution in [-0.4, -0.2) is 22.6 Å². The normalized spacial score (nSPS) is 10.2. The second kappa shape index (κ2) is 6.29. The number of rotatable bonds is 5. The predicted octanol–water partition coefficient (Wildman–Crippen LogP) is 2.21. The number of aryl methyl sites for hydroxylation is 1. The van der Waals surface area contributed by atoms with Crippen LogP contribution in [0.5, 0.6) is 0 Å². The Bertz CT molecular complexity index is 550. The number of nitrogens with one attached hydrogen (secondary N) is 2. The number of thiophene rings is 1. The zero-order valence-corrected chi connectivity index (χ0v) is 11.8. The van der Waals surface area contributed by atoms with Crippen molar-refractivity contribution in [1.82, 2.24) is 15.5 Å². The molecule has 0 aliphatic rings. The van der Waals surface area contributed by atoms with Gasteiger partial charge in [-0.1, -0.05) is 0 Å². The molecule has 0 saturated carbocycles. The van der Waals surface area contributed by atoms with Crippen LogP contribution in [-0.2, 0) is 6.54 Å². The quantitative estimate of drug-likeness (QED) is 0.878. The minimum absolute atomic E-state index is 0.207. The Morgan fingerprint density at radius 1 is 1.26 bits per heavy atom. The highest BCUT2D eigenvalue weighted by atomic mass is 32.1. The molecule has 0 spiro atoms. The average molecular weight is 276 g/mol. The van der Waals surface area contributed by atoms with Crippen LogP contribution in [0.1, 0.15) is 27.2 Å². The van der Waals surface area contributed by atoms with Crippen LogP contribution < -0.4 is 10.6 Å². The maximum absolute atomic E-state index is 11.9. The third-order valence-electron chi connectivity index (χ3n) is 2.47. The lowest BCUT2D eigenvalue weighted by Gasteiger charge is -2.04. The maximum atomic E-state index is 11.9. The van der Waals surface area contributed by atoms with Gasteiger partial charge in [0.2, 0.25) is 0 Å². The number of hydrogen-bond donors (Lipinski definition) is 2. The molecule has 0 fully saturated rings. The van der Waals surface area contributed by atoms with Crippen molar-refractivity contribution >= 4 is 23.1 Å². The van der Waals surface area contributed by atoms with Gasteiger partial charge in [0.1, 0.15) is 5.82 Å². The fourth-order valence-corrected chi connectivity index (χ4v) is 2.40. The number of nitrogens with zero attached hydrogens (tertiary/aromatic N) is 2. The number of carbonyl (C=O) groups is 1. The summed E-state index contributed by atoms with van der Waals surface area (Å²) >= 11 is 1.67. The van der Waals surface area contributed by atoms with Gasteiger partial charge < -0.3 is 10.6 Å². The highest BCUT2D eigenvalue weighted by Gasteiger charge is 2.08. The van der Waals surface area contributed by atoms with E-state index in [4.69, 9.17) is 0 Å². The van der Waals surface area contributed by atoms with Crippen molar-refractivity contribution in [2.45, 2.75) is 20.4 Å². The summed E-state index contributed by atoms with van der Waals surface area (Å²) in [5, 5.41) is 13.7. The van der Waals surface area contributed by atoms with Crippen molar-refractivity contribution in [1.29, 1.82) is 0 Å². The zero-order valence-electron chi connectivity index (χ0n) is 10.9. The Kier molecular flexibility index (Phi) is 4.46. The molecular weight excluding hydrogens is 260 g/mol. The number of carbonyl (C=O) groups excluding carboxylic acids is 1. The first kappa shape index (κ1) is 13.5. The van der Waals surface area contributed by atoms with E-state index in [9.17, 15) is 4.79 Å². The van der Waals surface area contributed by atoms with E-state index in [2.05, 4.69) is 20.8 Å². The lowest BCUT2D eigenvalue weighted by atomic mass is 10.3. The summed E-state index contributed by atoms with van der Waals surface area (Å²) in [6.45, 7) is 5.32. The molecule has 0 unspecified atom stereocenters. The monoisotopic (exact) mass is 276 g/mol. The number of aromatic nitrogens is 2. The Morgan fingerprint density at radius 3 is 2.68 bits per heavy atom. The molecule has 2 rings (SSSR count). The molecule has 2 N–H and O–H groups in total. The molecule has 6 heteroatoms. The van der Waals surface area contributed by atoms with E-state index in [1.54, 1.807) is 23.5 Å². The highest BCUT2D eigenvalue weighted by molar-refractivity contribution is 7.11. The van der Waals surface area contributed by atoms with Crippen molar-refractivity contribution in [3.63, 3.8) is 0 Å². The molecule has 1 amide bonds. The van der Waals surface area contributed by atoms with Crippen LogP contribution in [0.4, 0.5) is 5.82 Å². The van der Waals surface area contributed by atoms with E-state index in [1.165, 1.54) is 4.88 Å². The van der Waals surface area contributed by atoms with Gasteiger partial charge in [0.25, 0.3) is 5.91 Å². The Balaban J connectivity index is 1.92. The van der Waals surface area contributed by atoms with Crippen LogP contribution in [0, 0.1) is 6.92 Å². The molecule has 2 heterocycles. The summed E-state index contributed by atoms with van der Waals surface area (Å²) in [6, 6.07) is 7.47. The maximum Gasteiger partial charge on any atom is 0.272 e. The van der Waals surface area contributed by atoms with Gasteiger partial charge in [-0.2, -0.15) is 0 Å². The third-order valence-corrected chi connectivity index (χ3v) is 3.47. The van der Waals surface area contributed by atoms with Gasteiger partial charge in [-0.3, -0.25) is 4.79 Å². The molecule has 0 aliphatic carbocycles. The van der Waals surface area contributed by atoms with E-state index in [1.807, 2.05) is 26.0 Å². The predicted molar refractivity (Wildman–Crippen MR) is 76.4 cm³/mol. The Morgan fingerprint density at radius 2 is 2.11 bits per heavy atom. The summed E-state index contributed by atoms with van der Waals surface area (Å²) in [5.41, 5.74) is 0.329. The van der Waals surface area contributed by atoms with Crippen LogP contribution in [0.25, 0.3) is 0 Å². The van der Waals surface area contributed by atoms with Gasteiger partial charge in [0.05, 0.1) is 6.54 Å². The largest absolute Gasteiger partial charge is 0.369 e. The van der Waals surface area contributed by atoms with Crippen LogP contribution in [0.2, 0.25) is 0 Å². The molecule has 0 bridgehead atoms. The van der Waals surface area contributed by atoms with E-state index in [-0.39, 0.29) is 5.91 Å². The van der Waals surface area contributed by atoms with Crippen LogP contribution in [0.15, 0.2) is 24.3 Å². The molecule has 2 aromatic rings. The molecule has 0 aromatic carbocycles. The smallest absolute Gasteiger partial charge is 0.272 e. The number of amides is 1. The highest BCUT2D eigenvalue weighted by Crippen LogP contribution is 2.14. The van der Waals surface area contributed by atoms with Crippen LogP contribution in [0.3, 0.4) is 0 Å². The van der Waals surface area contributed by atoms with Gasteiger partial charge in [0.15, 0.2) is 5.69 Å². The Labute approximate surface area is 116 Å². The number of anilines is 1. The molecule has 0 saturated heterocycles. The SMILES string of the molecule is CCNc1ccc(C(=O)NCc2ccc(C)s2)nn1. The van der Waals surface area contributed by atoms with Crippen molar-refractivity contribution in [3.05, 3.63) is 39.7 Å². The summed E-state index contributed by atoms with van der Waals surface area (Å²) in [4.78, 5) is 14.2. The minimum atomic E-state index is -0.207. The number of hydrogen-bond acceptors (Lipinski definition) is 5. The topological polar surface area (TPSA) is 66.9 Å².